The fraction of sp³-hybridized carbons (Fsp3) is 0.402. The van der Waals surface area contributed by atoms with Crippen LogP contribution in [0.5, 0.6) is 17.2 Å². The number of aliphatic hydroxyl groups is 3. The number of unbranched alkanes of at least 4 members (excludes halogenated alkanes) is 3. The SMILES string of the molecule is C=C(O)C(Cc1ccc(OCCCCC2CCNCC2)cc1)NC(=O)c1cc2ccccc2[nH]1.C=C(O)C(Cc1ccc(OCCCCC2CCNCC2)cc1)NC(=O)c1nc2ccccc2o1.C=C(O)C(Cc1ccc(OCCCCC2CCNCC2)cc1)NC(=O)c1nc2ccccc2s1. The van der Waals surface area contributed by atoms with Crippen molar-refractivity contribution in [3.05, 3.63) is 222 Å². The Bertz CT molecular complexity index is 3580. The number of piperidine rings is 3. The van der Waals surface area contributed by atoms with Gasteiger partial charge in [0, 0.05) is 10.9 Å². The Kier molecular flexibility index (Phi) is 29.2. The van der Waals surface area contributed by atoms with Crippen molar-refractivity contribution < 1.29 is 48.3 Å². The lowest BCUT2D eigenvalue weighted by molar-refractivity contribution is 0.0898. The zero-order valence-electron chi connectivity index (χ0n) is 58.6. The van der Waals surface area contributed by atoms with Gasteiger partial charge in [-0.3, -0.25) is 14.4 Å². The molecule has 19 nitrogen and oxygen atoms in total. The number of ether oxygens (including phenoxy) is 3. The van der Waals surface area contributed by atoms with Crippen molar-refractivity contribution in [3.8, 4) is 17.2 Å². The van der Waals surface area contributed by atoms with Crippen LogP contribution in [-0.4, -0.2) is 125 Å². The van der Waals surface area contributed by atoms with E-state index in [-0.39, 0.29) is 35.0 Å². The molecule has 3 atom stereocenters. The minimum Gasteiger partial charge on any atom is -0.511 e. The number of aromatic nitrogens is 3. The van der Waals surface area contributed by atoms with Gasteiger partial charge in [-0.05, 0) is 243 Å². The number of nitrogens with one attached hydrogen (secondary N) is 7. The van der Waals surface area contributed by atoms with Crippen LogP contribution in [0.4, 0.5) is 0 Å². The van der Waals surface area contributed by atoms with Gasteiger partial charge in [0.15, 0.2) is 10.6 Å². The van der Waals surface area contributed by atoms with Crippen molar-refractivity contribution in [3.63, 3.8) is 0 Å². The molecule has 20 heteroatoms. The molecule has 10 N–H and O–H groups in total. The van der Waals surface area contributed by atoms with E-state index in [4.69, 9.17) is 18.6 Å². The quantitative estimate of drug-likeness (QED) is 0.0135. The van der Waals surface area contributed by atoms with Crippen LogP contribution in [0, 0.1) is 17.8 Å². The van der Waals surface area contributed by atoms with Crippen LogP contribution in [0.2, 0.25) is 0 Å². The summed E-state index contributed by atoms with van der Waals surface area (Å²) in [4.78, 5) is 49.7. The highest BCUT2D eigenvalue weighted by molar-refractivity contribution is 7.20. The zero-order chi connectivity index (χ0) is 71.3. The predicted octanol–water partition coefficient (Wildman–Crippen LogP) is 15.2. The Morgan fingerprint density at radius 2 is 0.882 bits per heavy atom. The van der Waals surface area contributed by atoms with E-state index in [1.165, 1.54) is 88.4 Å². The molecule has 0 aliphatic carbocycles. The van der Waals surface area contributed by atoms with Crippen LogP contribution in [0.3, 0.4) is 0 Å². The Hall–Kier alpha value is -9.47. The molecule has 6 aromatic carbocycles. The molecule has 0 radical (unpaired) electrons. The van der Waals surface area contributed by atoms with Gasteiger partial charge in [0.1, 0.15) is 45.7 Å². The van der Waals surface area contributed by atoms with Crippen molar-refractivity contribution >= 4 is 61.3 Å². The summed E-state index contributed by atoms with van der Waals surface area (Å²) >= 11 is 1.33. The second-order valence-corrected chi connectivity index (χ2v) is 28.0. The number of aromatic amines is 1. The first kappa shape index (κ1) is 75.2. The van der Waals surface area contributed by atoms with Gasteiger partial charge < -0.3 is 70.8 Å². The summed E-state index contributed by atoms with van der Waals surface area (Å²) in [7, 11) is 0. The fourth-order valence-electron chi connectivity index (χ4n) is 13.1. The Balaban J connectivity index is 0.000000165. The van der Waals surface area contributed by atoms with Crippen LogP contribution in [0.25, 0.3) is 32.2 Å². The smallest absolute Gasteiger partial charge is 0.307 e. The molecule has 3 fully saturated rings. The highest BCUT2D eigenvalue weighted by Crippen LogP contribution is 2.27. The van der Waals surface area contributed by atoms with Crippen molar-refractivity contribution in [2.45, 2.75) is 134 Å². The molecule has 3 aliphatic rings. The number of hydrogen-bond acceptors (Lipinski definition) is 16. The first-order valence-electron chi connectivity index (χ1n) is 36.4. The normalized spacial score (nSPS) is 15.2. The van der Waals surface area contributed by atoms with E-state index < -0.39 is 24.0 Å². The Morgan fingerprint density at radius 1 is 0.480 bits per heavy atom. The number of hydrogen-bond donors (Lipinski definition) is 10. The summed E-state index contributed by atoms with van der Waals surface area (Å²) in [6, 6.07) is 45.8. The van der Waals surface area contributed by atoms with Crippen molar-refractivity contribution in [1.29, 1.82) is 0 Å². The van der Waals surface area contributed by atoms with E-state index in [2.05, 4.69) is 66.6 Å². The second-order valence-electron chi connectivity index (χ2n) is 27.0. The second kappa shape index (κ2) is 39.7. The highest BCUT2D eigenvalue weighted by Gasteiger charge is 2.24. The van der Waals surface area contributed by atoms with Crippen molar-refractivity contribution in [2.24, 2.45) is 17.8 Å². The lowest BCUT2D eigenvalue weighted by Crippen LogP contribution is -2.37. The maximum atomic E-state index is 12.7. The number of benzene rings is 6. The molecular formula is C82H101N9O10S. The minimum absolute atomic E-state index is 0.0450. The summed E-state index contributed by atoms with van der Waals surface area (Å²) in [6.45, 7) is 20.0. The molecule has 0 saturated carbocycles. The van der Waals surface area contributed by atoms with Gasteiger partial charge in [-0.2, -0.15) is 0 Å². The number of carbonyl (C=O) groups excluding carboxylic acids is 3. The molecule has 9 aromatic rings. The fourth-order valence-corrected chi connectivity index (χ4v) is 14.0. The van der Waals surface area contributed by atoms with E-state index in [0.29, 0.717) is 47.7 Å². The molecule has 3 amide bonds. The molecule has 0 bridgehead atoms. The zero-order valence-corrected chi connectivity index (χ0v) is 59.4. The number of aliphatic hydroxyl groups excluding tert-OH is 3. The third kappa shape index (κ3) is 24.1. The average molecular weight is 1400 g/mol. The van der Waals surface area contributed by atoms with E-state index in [0.717, 1.165) is 145 Å². The molecule has 540 valence electrons. The first-order chi connectivity index (χ1) is 49.7. The molecule has 3 saturated heterocycles. The Morgan fingerprint density at radius 3 is 1.31 bits per heavy atom. The number of para-hydroxylation sites is 4. The Labute approximate surface area is 603 Å². The molecule has 6 heterocycles. The third-order valence-electron chi connectivity index (χ3n) is 19.2. The van der Waals surface area contributed by atoms with Gasteiger partial charge in [-0.15, -0.1) is 11.3 Å². The van der Waals surface area contributed by atoms with Gasteiger partial charge in [0.25, 0.3) is 17.7 Å². The molecule has 12 rings (SSSR count). The number of oxazole rings is 1. The largest absolute Gasteiger partial charge is 0.511 e. The monoisotopic (exact) mass is 1400 g/mol. The first-order valence-corrected chi connectivity index (χ1v) is 37.2. The topological polar surface area (TPSA) is 266 Å². The van der Waals surface area contributed by atoms with Crippen LogP contribution in [0.1, 0.15) is 144 Å². The van der Waals surface area contributed by atoms with E-state index in [9.17, 15) is 29.7 Å². The standard InChI is InChI=1S/C28H35N3O3.C27H33N3O4.C27H33N3O3S/c1-20(32)26(31-28(33)27-19-23-7-2-3-8-25(23)30-27)18-22-9-11-24(12-10-22)34-17-5-4-6-21-13-15-29-16-14-21;2*1-19(31)24(29-26(32)27-30-23-7-2-3-8-25(23)34-27)18-21-9-11-22(12-10-21)33-17-5-4-6-20-13-15-28-16-14-20/h2-3,7-12,19,21,26,29-30,32H,1,4-6,13-18H2,(H,31,33);2*2-3,7-12,20,24,28,31H,1,4-6,13-18H2,(H,29,32). The number of fused-ring (bicyclic) bond motifs is 3. The van der Waals surface area contributed by atoms with E-state index in [1.807, 2.05) is 133 Å². The molecule has 3 aromatic heterocycles. The molecule has 102 heavy (non-hydrogen) atoms. The van der Waals surface area contributed by atoms with Crippen LogP contribution in [0.15, 0.2) is 193 Å². The van der Waals surface area contributed by atoms with Crippen LogP contribution in [-0.2, 0) is 19.3 Å². The van der Waals surface area contributed by atoms with E-state index in [1.54, 1.807) is 18.2 Å². The number of H-pyrrole nitrogens is 1. The summed E-state index contributed by atoms with van der Waals surface area (Å²) in [5.41, 5.74) is 6.18. The highest BCUT2D eigenvalue weighted by atomic mass is 32.1. The minimum atomic E-state index is -0.663. The molecular weight excluding hydrogens is 1300 g/mol. The van der Waals surface area contributed by atoms with Gasteiger partial charge in [0.2, 0.25) is 0 Å². The summed E-state index contributed by atoms with van der Waals surface area (Å²) in [5, 5.41) is 50.2. The summed E-state index contributed by atoms with van der Waals surface area (Å²) < 4.78 is 24.1. The van der Waals surface area contributed by atoms with Crippen molar-refractivity contribution in [2.75, 3.05) is 59.1 Å². The maximum Gasteiger partial charge on any atom is 0.307 e. The van der Waals surface area contributed by atoms with Crippen molar-refractivity contribution in [1.82, 2.24) is 46.9 Å². The maximum absolute atomic E-state index is 12.7. The molecule has 0 spiro atoms. The lowest BCUT2D eigenvalue weighted by Gasteiger charge is -2.22. The summed E-state index contributed by atoms with van der Waals surface area (Å²) in [5.74, 6) is 3.68. The van der Waals surface area contributed by atoms with Gasteiger partial charge in [0.05, 0.1) is 48.2 Å². The predicted molar refractivity (Wildman–Crippen MR) is 406 cm³/mol. The number of rotatable bonds is 33. The van der Waals surface area contributed by atoms with Crippen LogP contribution >= 0.6 is 11.3 Å². The van der Waals surface area contributed by atoms with Gasteiger partial charge in [-0.1, -0.05) is 118 Å². The summed E-state index contributed by atoms with van der Waals surface area (Å²) in [6.07, 6.45) is 19.7. The van der Waals surface area contributed by atoms with Gasteiger partial charge >= 0.3 is 5.91 Å². The number of carbonyl (C=O) groups is 3. The number of amides is 3. The molecule has 3 unspecified atom stereocenters. The lowest BCUT2D eigenvalue weighted by atomic mass is 9.93. The molecule has 3 aliphatic heterocycles. The van der Waals surface area contributed by atoms with Gasteiger partial charge in [-0.25, -0.2) is 9.97 Å². The third-order valence-corrected chi connectivity index (χ3v) is 20.2. The number of nitrogens with zero attached hydrogens (tertiary/aromatic N) is 2. The van der Waals surface area contributed by atoms with E-state index >= 15 is 0 Å². The number of thiazole rings is 1. The average Bonchev–Trinajstić information content (AvgIpc) is 1.69. The van der Waals surface area contributed by atoms with Crippen LogP contribution < -0.4 is 46.1 Å².